The van der Waals surface area contributed by atoms with Crippen LogP contribution < -0.4 is 0 Å². The molecule has 0 aliphatic carbocycles. The summed E-state index contributed by atoms with van der Waals surface area (Å²) in [6, 6.07) is 33.8. The second-order valence-electron chi connectivity index (χ2n) is 7.84. The third kappa shape index (κ3) is 3.38. The first-order valence-electron chi connectivity index (χ1n) is 10.6. The topological polar surface area (TPSA) is 50.4 Å². The fourth-order valence-electron chi connectivity index (χ4n) is 4.22. The van der Waals surface area contributed by atoms with Gasteiger partial charge in [-0.05, 0) is 30.3 Å². The summed E-state index contributed by atoms with van der Waals surface area (Å²) in [4.78, 5) is 10.2. The van der Waals surface area contributed by atoms with Gasteiger partial charge in [-0.2, -0.15) is 0 Å². The van der Waals surface area contributed by atoms with Crippen LogP contribution in [0, 0.1) is 0 Å². The molecule has 5 heteroatoms. The van der Waals surface area contributed by atoms with Crippen LogP contribution in [0.1, 0.15) is 0 Å². The van der Waals surface area contributed by atoms with Crippen LogP contribution in [0.15, 0.2) is 108 Å². The predicted octanol–water partition coefficient (Wildman–Crippen LogP) is 7.35. The molecule has 0 radical (unpaired) electrons. The summed E-state index contributed by atoms with van der Waals surface area (Å²) in [6.45, 7) is 0. The van der Waals surface area contributed by atoms with Gasteiger partial charge >= 0.3 is 0 Å². The molecule has 0 atom stereocenters. The van der Waals surface area contributed by atoms with E-state index in [-0.39, 0.29) is 5.75 Å². The van der Waals surface area contributed by atoms with Crippen LogP contribution >= 0.6 is 15.9 Å². The molecule has 1 N–H and O–H groups in total. The first kappa shape index (κ1) is 19.7. The maximum atomic E-state index is 10.2. The van der Waals surface area contributed by atoms with E-state index in [1.807, 2.05) is 54.6 Å². The fraction of sp³-hybridized carbons (Fsp3) is 0. The Morgan fingerprint density at radius 3 is 2.03 bits per heavy atom. The van der Waals surface area contributed by atoms with Crippen LogP contribution in [0.4, 0.5) is 0 Å². The lowest BCUT2D eigenvalue weighted by molar-refractivity contribution is 0.476. The number of phenolic OH excluding ortho intramolecular Hbond substituents is 1. The molecule has 0 amide bonds. The summed E-state index contributed by atoms with van der Waals surface area (Å²) < 4.78 is 3.12. The number of halogens is 1. The fourth-order valence-corrected chi connectivity index (χ4v) is 4.49. The number of aromatic hydroxyl groups is 1. The highest BCUT2D eigenvalue weighted by molar-refractivity contribution is 9.10. The minimum Gasteiger partial charge on any atom is -0.508 e. The van der Waals surface area contributed by atoms with Crippen molar-refractivity contribution in [3.63, 3.8) is 0 Å². The summed E-state index contributed by atoms with van der Waals surface area (Å²) in [5, 5.41) is 11.0. The van der Waals surface area contributed by atoms with Crippen molar-refractivity contribution >= 4 is 32.5 Å². The number of imidazole rings is 1. The van der Waals surface area contributed by atoms with Crippen molar-refractivity contribution in [2.45, 2.75) is 0 Å². The van der Waals surface area contributed by atoms with Crippen molar-refractivity contribution in [2.75, 3.05) is 0 Å². The third-order valence-corrected chi connectivity index (χ3v) is 6.26. The lowest BCUT2D eigenvalue weighted by atomic mass is 10.0. The quantitative estimate of drug-likeness (QED) is 0.281. The van der Waals surface area contributed by atoms with Crippen LogP contribution in [0.25, 0.3) is 50.5 Å². The number of nitrogens with zero attached hydrogens (tertiary/aromatic N) is 3. The Morgan fingerprint density at radius 1 is 0.667 bits per heavy atom. The first-order chi connectivity index (χ1) is 16.2. The number of benzene rings is 4. The lowest BCUT2D eigenvalue weighted by Gasteiger charge is -2.12. The maximum absolute atomic E-state index is 10.2. The van der Waals surface area contributed by atoms with Crippen molar-refractivity contribution in [1.82, 2.24) is 14.4 Å². The molecule has 0 unspecified atom stereocenters. The number of rotatable bonds is 3. The van der Waals surface area contributed by atoms with Crippen molar-refractivity contribution < 1.29 is 5.11 Å². The Hall–Kier alpha value is -3.96. The summed E-state index contributed by atoms with van der Waals surface area (Å²) in [5.41, 5.74) is 6.42. The smallest absolute Gasteiger partial charge is 0.149 e. The van der Waals surface area contributed by atoms with Gasteiger partial charge in [-0.1, -0.05) is 88.7 Å². The molecule has 2 heterocycles. The average Bonchev–Trinajstić information content (AvgIpc) is 3.26. The van der Waals surface area contributed by atoms with E-state index in [1.165, 1.54) is 0 Å². The highest BCUT2D eigenvalue weighted by atomic mass is 79.9. The van der Waals surface area contributed by atoms with Crippen molar-refractivity contribution in [3.05, 3.63) is 108 Å². The summed E-state index contributed by atoms with van der Waals surface area (Å²) in [7, 11) is 0. The van der Waals surface area contributed by atoms with E-state index in [0.29, 0.717) is 0 Å². The van der Waals surface area contributed by atoms with Gasteiger partial charge in [0, 0.05) is 26.5 Å². The minimum atomic E-state index is 0.188. The SMILES string of the molecule is Oc1ccc2nc(-c3ccc(Br)cc3)n3c(-c4ccccc4)c(-c4ccccc4)nc3c2c1. The second kappa shape index (κ2) is 7.87. The van der Waals surface area contributed by atoms with Gasteiger partial charge in [-0.25, -0.2) is 9.97 Å². The summed E-state index contributed by atoms with van der Waals surface area (Å²) in [5.74, 6) is 0.984. The molecule has 2 aromatic heterocycles. The number of phenols is 1. The van der Waals surface area contributed by atoms with E-state index >= 15 is 0 Å². The molecule has 158 valence electrons. The van der Waals surface area contributed by atoms with E-state index in [9.17, 15) is 5.11 Å². The Labute approximate surface area is 199 Å². The van der Waals surface area contributed by atoms with Gasteiger partial charge < -0.3 is 5.11 Å². The van der Waals surface area contributed by atoms with Crippen LogP contribution in [-0.2, 0) is 0 Å². The molecule has 0 spiro atoms. The molecular weight excluding hydrogens is 474 g/mol. The molecule has 6 aromatic rings. The van der Waals surface area contributed by atoms with Gasteiger partial charge in [0.1, 0.15) is 17.2 Å². The number of fused-ring (bicyclic) bond motifs is 3. The van der Waals surface area contributed by atoms with Gasteiger partial charge in [0.2, 0.25) is 0 Å². The maximum Gasteiger partial charge on any atom is 0.149 e. The number of hydrogen-bond acceptors (Lipinski definition) is 3. The van der Waals surface area contributed by atoms with E-state index in [1.54, 1.807) is 12.1 Å². The monoisotopic (exact) mass is 491 g/mol. The molecule has 0 saturated heterocycles. The normalized spacial score (nSPS) is 11.3. The van der Waals surface area contributed by atoms with E-state index in [2.05, 4.69) is 56.7 Å². The first-order valence-corrected chi connectivity index (χ1v) is 11.4. The summed E-state index contributed by atoms with van der Waals surface area (Å²) >= 11 is 3.53. The van der Waals surface area contributed by atoms with Crippen LogP contribution in [0.2, 0.25) is 0 Å². The largest absolute Gasteiger partial charge is 0.508 e. The zero-order chi connectivity index (χ0) is 22.4. The molecule has 0 fully saturated rings. The Balaban J connectivity index is 1.82. The minimum absolute atomic E-state index is 0.188. The van der Waals surface area contributed by atoms with Crippen LogP contribution in [0.3, 0.4) is 0 Å². The average molecular weight is 492 g/mol. The predicted molar refractivity (Wildman–Crippen MR) is 136 cm³/mol. The van der Waals surface area contributed by atoms with E-state index in [0.717, 1.165) is 54.9 Å². The number of hydrogen-bond donors (Lipinski definition) is 1. The van der Waals surface area contributed by atoms with Crippen molar-refractivity contribution in [2.24, 2.45) is 0 Å². The highest BCUT2D eigenvalue weighted by Gasteiger charge is 2.22. The van der Waals surface area contributed by atoms with E-state index in [4.69, 9.17) is 9.97 Å². The Kier molecular flexibility index (Phi) is 4.70. The highest BCUT2D eigenvalue weighted by Crippen LogP contribution is 2.38. The third-order valence-electron chi connectivity index (χ3n) is 5.73. The molecule has 6 rings (SSSR count). The van der Waals surface area contributed by atoms with Gasteiger partial charge in [0.05, 0.1) is 16.9 Å². The standard InChI is InChI=1S/C28H18BrN3O/c29-21-13-11-20(12-14-21)27-30-24-16-15-22(33)17-23(24)28-31-25(18-7-3-1-4-8-18)26(32(27)28)19-9-5-2-6-10-19/h1-17,33H. The van der Waals surface area contributed by atoms with Gasteiger partial charge in [-0.15, -0.1) is 0 Å². The zero-order valence-electron chi connectivity index (χ0n) is 17.5. The Bertz CT molecular complexity index is 1610. The lowest BCUT2D eigenvalue weighted by Crippen LogP contribution is -2.00. The molecule has 4 aromatic carbocycles. The summed E-state index contributed by atoms with van der Waals surface area (Å²) in [6.07, 6.45) is 0. The van der Waals surface area contributed by atoms with Gasteiger partial charge in [0.15, 0.2) is 0 Å². The number of aromatic nitrogens is 3. The van der Waals surface area contributed by atoms with E-state index < -0.39 is 0 Å². The Morgan fingerprint density at radius 2 is 1.33 bits per heavy atom. The molecule has 0 saturated carbocycles. The van der Waals surface area contributed by atoms with Gasteiger partial charge in [0.25, 0.3) is 0 Å². The van der Waals surface area contributed by atoms with Gasteiger partial charge in [-0.3, -0.25) is 4.40 Å². The molecular formula is C28H18BrN3O. The molecule has 33 heavy (non-hydrogen) atoms. The molecule has 0 aliphatic heterocycles. The second-order valence-corrected chi connectivity index (χ2v) is 8.76. The molecule has 0 bridgehead atoms. The van der Waals surface area contributed by atoms with Crippen LogP contribution in [-0.4, -0.2) is 19.5 Å². The van der Waals surface area contributed by atoms with Crippen LogP contribution in [0.5, 0.6) is 5.75 Å². The molecule has 4 nitrogen and oxygen atoms in total. The molecule has 0 aliphatic rings. The zero-order valence-corrected chi connectivity index (χ0v) is 19.1. The van der Waals surface area contributed by atoms with Crippen molar-refractivity contribution in [1.29, 1.82) is 0 Å². The van der Waals surface area contributed by atoms with Crippen molar-refractivity contribution in [3.8, 4) is 39.7 Å².